The third-order valence-corrected chi connectivity index (χ3v) is 5.59. The van der Waals surface area contributed by atoms with Crippen molar-refractivity contribution >= 4 is 38.6 Å². The lowest BCUT2D eigenvalue weighted by Crippen LogP contribution is -2.21. The van der Waals surface area contributed by atoms with E-state index in [1.165, 1.54) is 33.6 Å². The van der Waals surface area contributed by atoms with Crippen LogP contribution in [0.4, 0.5) is 0 Å². The molecule has 0 amide bonds. The molecular formula is C13H14BrNS2. The fourth-order valence-electron chi connectivity index (χ4n) is 2.49. The number of likely N-dealkylation sites (tertiary alicyclic amines) is 1. The van der Waals surface area contributed by atoms with Crippen LogP contribution >= 0.6 is 38.6 Å². The Morgan fingerprint density at radius 2 is 2.29 bits per heavy atom. The molecule has 1 fully saturated rings. The number of halogens is 1. The van der Waals surface area contributed by atoms with Gasteiger partial charge in [-0.25, -0.2) is 0 Å². The molecule has 0 aliphatic carbocycles. The molecule has 1 unspecified atom stereocenters. The van der Waals surface area contributed by atoms with Gasteiger partial charge in [0.25, 0.3) is 0 Å². The highest BCUT2D eigenvalue weighted by Crippen LogP contribution is 2.35. The molecule has 2 aromatic rings. The highest BCUT2D eigenvalue weighted by atomic mass is 79.9. The maximum atomic E-state index is 3.54. The standard InChI is InChI=1S/C13H14BrNS2/c14-13-4-3-11(17-13)8-15-6-1-2-12(15)10-5-7-16-9-10/h3-5,7,9,12H,1-2,6,8H2. The first kappa shape index (κ1) is 11.9. The second-order valence-electron chi connectivity index (χ2n) is 4.39. The van der Waals surface area contributed by atoms with Gasteiger partial charge in [-0.2, -0.15) is 11.3 Å². The Hall–Kier alpha value is -0.160. The van der Waals surface area contributed by atoms with E-state index in [0.717, 1.165) is 6.54 Å². The predicted molar refractivity (Wildman–Crippen MR) is 78.7 cm³/mol. The summed E-state index contributed by atoms with van der Waals surface area (Å²) >= 11 is 7.20. The number of hydrogen-bond donors (Lipinski definition) is 0. The van der Waals surface area contributed by atoms with E-state index in [-0.39, 0.29) is 0 Å². The van der Waals surface area contributed by atoms with E-state index >= 15 is 0 Å². The maximum Gasteiger partial charge on any atom is 0.0701 e. The van der Waals surface area contributed by atoms with Gasteiger partial charge in [0.05, 0.1) is 3.79 Å². The Bertz CT molecular complexity index is 477. The molecule has 17 heavy (non-hydrogen) atoms. The van der Waals surface area contributed by atoms with Gasteiger partial charge in [-0.1, -0.05) is 0 Å². The molecule has 0 radical (unpaired) electrons. The molecule has 0 saturated carbocycles. The summed E-state index contributed by atoms with van der Waals surface area (Å²) in [6.45, 7) is 2.33. The average molecular weight is 328 g/mol. The molecule has 3 rings (SSSR count). The zero-order valence-corrected chi connectivity index (χ0v) is 12.7. The Balaban J connectivity index is 1.74. The summed E-state index contributed by atoms with van der Waals surface area (Å²) in [7, 11) is 0. The Kier molecular flexibility index (Phi) is 3.66. The summed E-state index contributed by atoms with van der Waals surface area (Å²) in [6, 6.07) is 7.30. The molecule has 4 heteroatoms. The van der Waals surface area contributed by atoms with Crippen LogP contribution in [0.1, 0.15) is 29.3 Å². The number of nitrogens with zero attached hydrogens (tertiary/aromatic N) is 1. The fraction of sp³-hybridized carbons (Fsp3) is 0.385. The van der Waals surface area contributed by atoms with E-state index in [4.69, 9.17) is 0 Å². The van der Waals surface area contributed by atoms with Crippen molar-refractivity contribution in [2.24, 2.45) is 0 Å². The van der Waals surface area contributed by atoms with E-state index in [1.54, 1.807) is 0 Å². The monoisotopic (exact) mass is 327 g/mol. The summed E-state index contributed by atoms with van der Waals surface area (Å²) in [5, 5.41) is 4.49. The minimum Gasteiger partial charge on any atom is -0.291 e. The normalized spacial score (nSPS) is 21.1. The third kappa shape index (κ3) is 2.65. The smallest absolute Gasteiger partial charge is 0.0701 e. The first-order valence-electron chi connectivity index (χ1n) is 5.83. The van der Waals surface area contributed by atoms with Gasteiger partial charge in [-0.05, 0) is 69.8 Å². The quantitative estimate of drug-likeness (QED) is 0.774. The van der Waals surface area contributed by atoms with Crippen molar-refractivity contribution in [2.45, 2.75) is 25.4 Å². The lowest BCUT2D eigenvalue weighted by molar-refractivity contribution is 0.251. The van der Waals surface area contributed by atoms with Gasteiger partial charge < -0.3 is 0 Å². The van der Waals surface area contributed by atoms with E-state index in [1.807, 2.05) is 22.7 Å². The lowest BCUT2D eigenvalue weighted by Gasteiger charge is -2.23. The Morgan fingerprint density at radius 1 is 1.35 bits per heavy atom. The van der Waals surface area contributed by atoms with E-state index in [9.17, 15) is 0 Å². The molecule has 0 bridgehead atoms. The van der Waals surface area contributed by atoms with Gasteiger partial charge in [0.15, 0.2) is 0 Å². The van der Waals surface area contributed by atoms with Crippen LogP contribution in [0.25, 0.3) is 0 Å². The molecule has 1 aliphatic heterocycles. The van der Waals surface area contributed by atoms with Crippen LogP contribution in [0.5, 0.6) is 0 Å². The van der Waals surface area contributed by atoms with Gasteiger partial charge in [-0.15, -0.1) is 11.3 Å². The van der Waals surface area contributed by atoms with Crippen LogP contribution in [0, 0.1) is 0 Å². The van der Waals surface area contributed by atoms with Gasteiger partial charge in [0, 0.05) is 17.5 Å². The van der Waals surface area contributed by atoms with Crippen molar-refractivity contribution in [3.8, 4) is 0 Å². The molecular weight excluding hydrogens is 314 g/mol. The fourth-order valence-corrected chi connectivity index (χ4v) is 4.71. The highest BCUT2D eigenvalue weighted by Gasteiger charge is 2.26. The summed E-state index contributed by atoms with van der Waals surface area (Å²) in [5.74, 6) is 0. The number of rotatable bonds is 3. The van der Waals surface area contributed by atoms with Crippen LogP contribution in [-0.4, -0.2) is 11.4 Å². The van der Waals surface area contributed by atoms with Crippen LogP contribution in [0.2, 0.25) is 0 Å². The molecule has 0 N–H and O–H groups in total. The van der Waals surface area contributed by atoms with Crippen LogP contribution in [0.15, 0.2) is 32.7 Å². The molecule has 0 spiro atoms. The zero-order valence-electron chi connectivity index (χ0n) is 9.43. The SMILES string of the molecule is Brc1ccc(CN2CCCC2c2ccsc2)s1. The zero-order chi connectivity index (χ0) is 11.7. The van der Waals surface area contributed by atoms with E-state index in [2.05, 4.69) is 49.8 Å². The van der Waals surface area contributed by atoms with Crippen LogP contribution in [0.3, 0.4) is 0 Å². The molecule has 1 nitrogen and oxygen atoms in total. The molecule has 0 aromatic carbocycles. The van der Waals surface area contributed by atoms with E-state index < -0.39 is 0 Å². The minimum atomic E-state index is 0.641. The molecule has 1 aliphatic rings. The largest absolute Gasteiger partial charge is 0.291 e. The van der Waals surface area contributed by atoms with Gasteiger partial charge in [-0.3, -0.25) is 4.90 Å². The second-order valence-corrected chi connectivity index (χ2v) is 7.72. The third-order valence-electron chi connectivity index (χ3n) is 3.28. The van der Waals surface area contributed by atoms with E-state index in [0.29, 0.717) is 6.04 Å². The first-order valence-corrected chi connectivity index (χ1v) is 8.38. The van der Waals surface area contributed by atoms with Crippen molar-refractivity contribution in [1.82, 2.24) is 4.90 Å². The minimum absolute atomic E-state index is 0.641. The first-order chi connectivity index (χ1) is 8.33. The second kappa shape index (κ2) is 5.22. The summed E-state index contributed by atoms with van der Waals surface area (Å²) in [4.78, 5) is 4.07. The summed E-state index contributed by atoms with van der Waals surface area (Å²) in [5.41, 5.74) is 1.50. The summed E-state index contributed by atoms with van der Waals surface area (Å²) < 4.78 is 1.23. The van der Waals surface area contributed by atoms with Crippen molar-refractivity contribution in [3.05, 3.63) is 43.2 Å². The number of thiophene rings is 2. The maximum absolute atomic E-state index is 3.54. The molecule has 1 atom stereocenters. The molecule has 3 heterocycles. The lowest BCUT2D eigenvalue weighted by atomic mass is 10.1. The van der Waals surface area contributed by atoms with Gasteiger partial charge >= 0.3 is 0 Å². The van der Waals surface area contributed by atoms with Crippen LogP contribution in [-0.2, 0) is 6.54 Å². The van der Waals surface area contributed by atoms with Gasteiger partial charge in [0.2, 0.25) is 0 Å². The van der Waals surface area contributed by atoms with Crippen LogP contribution < -0.4 is 0 Å². The topological polar surface area (TPSA) is 3.24 Å². The highest BCUT2D eigenvalue weighted by molar-refractivity contribution is 9.11. The Morgan fingerprint density at radius 3 is 3.00 bits per heavy atom. The van der Waals surface area contributed by atoms with Crippen molar-refractivity contribution in [1.29, 1.82) is 0 Å². The predicted octanol–water partition coefficient (Wildman–Crippen LogP) is 4.91. The average Bonchev–Trinajstić information content (AvgIpc) is 3.00. The molecule has 90 valence electrons. The molecule has 1 saturated heterocycles. The van der Waals surface area contributed by atoms with Crippen molar-refractivity contribution in [3.63, 3.8) is 0 Å². The molecule has 2 aromatic heterocycles. The summed E-state index contributed by atoms with van der Waals surface area (Å²) in [6.07, 6.45) is 2.64. The van der Waals surface area contributed by atoms with Crippen molar-refractivity contribution < 1.29 is 0 Å². The van der Waals surface area contributed by atoms with Crippen molar-refractivity contribution in [2.75, 3.05) is 6.54 Å². The number of hydrogen-bond acceptors (Lipinski definition) is 3. The van der Waals surface area contributed by atoms with Gasteiger partial charge in [0.1, 0.15) is 0 Å². The Labute approximate surface area is 118 Å².